The number of nitrogens with one attached hydrogen (secondary N) is 2. The first-order valence-electron chi connectivity index (χ1n) is 10.7. The van der Waals surface area contributed by atoms with Crippen LogP contribution in [0.4, 0.5) is 8.78 Å². The average molecular weight is 495 g/mol. The second-order valence-corrected chi connectivity index (χ2v) is 8.66. The predicted octanol–water partition coefficient (Wildman–Crippen LogP) is 3.98. The Morgan fingerprint density at radius 1 is 1.19 bits per heavy atom. The van der Waals surface area contributed by atoms with Gasteiger partial charge in [-0.3, -0.25) is 4.79 Å². The first-order chi connectivity index (χ1) is 14.9. The number of aliphatic hydroxyl groups is 1. The standard InChI is InChI=1S/C24H29BrF2N2O2/c1-2-15-6-7-17-4-3-5-21(20(17)10-15)28-14-23(30)22(29-24(31)13-25)11-16-8-18(26)12-19(27)9-16/h6-10,12,21-23,28,30H,2-5,11,13-14H2,1H3,(H,29,31)/t21?,22-,23+/m0/s1. The summed E-state index contributed by atoms with van der Waals surface area (Å²) in [6.45, 7) is 2.38. The Kier molecular flexibility index (Phi) is 8.58. The van der Waals surface area contributed by atoms with Gasteiger partial charge in [0.1, 0.15) is 11.6 Å². The van der Waals surface area contributed by atoms with E-state index in [1.807, 2.05) is 0 Å². The second-order valence-electron chi connectivity index (χ2n) is 8.10. The normalized spacial score (nSPS) is 17.6. The van der Waals surface area contributed by atoms with Crippen molar-refractivity contribution in [3.63, 3.8) is 0 Å². The van der Waals surface area contributed by atoms with Crippen molar-refractivity contribution in [1.82, 2.24) is 10.6 Å². The number of benzene rings is 2. The molecule has 2 aromatic rings. The number of fused-ring (bicyclic) bond motifs is 1. The minimum atomic E-state index is -0.922. The summed E-state index contributed by atoms with van der Waals surface area (Å²) in [7, 11) is 0. The van der Waals surface area contributed by atoms with Crippen LogP contribution in [0.1, 0.15) is 48.1 Å². The van der Waals surface area contributed by atoms with Crippen LogP contribution in [0.3, 0.4) is 0 Å². The van der Waals surface area contributed by atoms with Crippen LogP contribution in [-0.4, -0.2) is 35.0 Å². The van der Waals surface area contributed by atoms with Crippen molar-refractivity contribution in [1.29, 1.82) is 0 Å². The number of aryl methyl sites for hydroxylation is 2. The van der Waals surface area contributed by atoms with Crippen molar-refractivity contribution in [2.45, 2.75) is 57.2 Å². The molecule has 0 spiro atoms. The Morgan fingerprint density at radius 3 is 2.61 bits per heavy atom. The SMILES string of the molecule is CCc1ccc2c(c1)C(NC[C@@H](O)[C@H](Cc1cc(F)cc(F)c1)NC(=O)CBr)CCC2. The van der Waals surface area contributed by atoms with Gasteiger partial charge in [-0.15, -0.1) is 0 Å². The Morgan fingerprint density at radius 2 is 1.94 bits per heavy atom. The van der Waals surface area contributed by atoms with Crippen LogP contribution in [-0.2, 0) is 24.1 Å². The van der Waals surface area contributed by atoms with Gasteiger partial charge in [0.05, 0.1) is 17.5 Å². The molecule has 0 aliphatic heterocycles. The highest BCUT2D eigenvalue weighted by molar-refractivity contribution is 9.09. The molecule has 1 unspecified atom stereocenters. The molecule has 0 saturated heterocycles. The number of hydrogen-bond acceptors (Lipinski definition) is 3. The van der Waals surface area contributed by atoms with Crippen molar-refractivity contribution in [3.05, 3.63) is 70.3 Å². The third-order valence-electron chi connectivity index (χ3n) is 5.82. The van der Waals surface area contributed by atoms with Gasteiger partial charge in [0.2, 0.25) is 5.91 Å². The zero-order valence-electron chi connectivity index (χ0n) is 17.6. The molecule has 31 heavy (non-hydrogen) atoms. The maximum absolute atomic E-state index is 13.6. The van der Waals surface area contributed by atoms with Crippen LogP contribution in [0, 0.1) is 11.6 Å². The molecular formula is C24H29BrF2N2O2. The quantitative estimate of drug-likeness (QED) is 0.462. The maximum Gasteiger partial charge on any atom is 0.230 e. The minimum Gasteiger partial charge on any atom is -0.390 e. The molecule has 0 aromatic heterocycles. The molecule has 1 aliphatic rings. The van der Waals surface area contributed by atoms with Gasteiger partial charge in [-0.05, 0) is 66.5 Å². The van der Waals surface area contributed by atoms with E-state index in [1.165, 1.54) is 28.8 Å². The fraction of sp³-hybridized carbons (Fsp3) is 0.458. The molecule has 1 aliphatic carbocycles. The molecule has 7 heteroatoms. The van der Waals surface area contributed by atoms with Crippen molar-refractivity contribution in [2.24, 2.45) is 0 Å². The predicted molar refractivity (Wildman–Crippen MR) is 121 cm³/mol. The molecule has 3 atom stereocenters. The summed E-state index contributed by atoms with van der Waals surface area (Å²) in [4.78, 5) is 12.0. The summed E-state index contributed by atoms with van der Waals surface area (Å²) in [5, 5.41) is 17.1. The topological polar surface area (TPSA) is 61.4 Å². The highest BCUT2D eigenvalue weighted by Gasteiger charge is 2.25. The number of halogens is 3. The first kappa shape index (κ1) is 23.8. The van der Waals surface area contributed by atoms with Gasteiger partial charge in [-0.1, -0.05) is 41.1 Å². The number of amides is 1. The van der Waals surface area contributed by atoms with Crippen molar-refractivity contribution in [2.75, 3.05) is 11.9 Å². The number of alkyl halides is 1. The van der Waals surface area contributed by atoms with E-state index in [0.29, 0.717) is 5.56 Å². The molecule has 3 N–H and O–H groups in total. The van der Waals surface area contributed by atoms with Crippen LogP contribution in [0.25, 0.3) is 0 Å². The summed E-state index contributed by atoms with van der Waals surface area (Å²) in [6.07, 6.45) is 3.26. The average Bonchev–Trinajstić information content (AvgIpc) is 2.75. The molecule has 3 rings (SSSR count). The molecular weight excluding hydrogens is 466 g/mol. The summed E-state index contributed by atoms with van der Waals surface area (Å²) in [5.74, 6) is -1.66. The van der Waals surface area contributed by atoms with E-state index in [1.54, 1.807) is 0 Å². The zero-order chi connectivity index (χ0) is 22.4. The smallest absolute Gasteiger partial charge is 0.230 e. The molecule has 0 saturated carbocycles. The van der Waals surface area contributed by atoms with E-state index >= 15 is 0 Å². The molecule has 0 heterocycles. The lowest BCUT2D eigenvalue weighted by molar-refractivity contribution is -0.120. The largest absolute Gasteiger partial charge is 0.390 e. The first-order valence-corrected chi connectivity index (χ1v) is 11.8. The fourth-order valence-electron chi connectivity index (χ4n) is 4.20. The zero-order valence-corrected chi connectivity index (χ0v) is 19.2. The number of rotatable bonds is 9. The molecule has 0 fully saturated rings. The third-order valence-corrected chi connectivity index (χ3v) is 6.33. The molecule has 0 bridgehead atoms. The minimum absolute atomic E-state index is 0.0803. The highest BCUT2D eigenvalue weighted by Crippen LogP contribution is 2.30. The van der Waals surface area contributed by atoms with Crippen LogP contribution in [0.15, 0.2) is 36.4 Å². The number of carbonyl (C=O) groups is 1. The lowest BCUT2D eigenvalue weighted by Gasteiger charge is -2.30. The van der Waals surface area contributed by atoms with Gasteiger partial charge in [-0.2, -0.15) is 0 Å². The van der Waals surface area contributed by atoms with Crippen LogP contribution < -0.4 is 10.6 Å². The van der Waals surface area contributed by atoms with Gasteiger partial charge in [0, 0.05) is 18.7 Å². The molecule has 1 amide bonds. The summed E-state index contributed by atoms with van der Waals surface area (Å²) >= 11 is 3.10. The third kappa shape index (κ3) is 6.57. The molecule has 0 radical (unpaired) electrons. The lowest BCUT2D eigenvalue weighted by Crippen LogP contribution is -2.49. The summed E-state index contributed by atoms with van der Waals surface area (Å²) in [5.41, 5.74) is 4.26. The summed E-state index contributed by atoms with van der Waals surface area (Å²) in [6, 6.07) is 9.29. The Bertz CT molecular complexity index is 889. The Labute approximate surface area is 190 Å². The lowest BCUT2D eigenvalue weighted by atomic mass is 9.86. The van der Waals surface area contributed by atoms with Gasteiger partial charge in [-0.25, -0.2) is 8.78 Å². The van der Waals surface area contributed by atoms with Crippen LogP contribution >= 0.6 is 15.9 Å². The molecule has 2 aromatic carbocycles. The van der Waals surface area contributed by atoms with Gasteiger partial charge >= 0.3 is 0 Å². The second kappa shape index (κ2) is 11.2. The van der Waals surface area contributed by atoms with Crippen molar-refractivity contribution < 1.29 is 18.7 Å². The van der Waals surface area contributed by atoms with E-state index in [-0.39, 0.29) is 30.2 Å². The van der Waals surface area contributed by atoms with E-state index in [9.17, 15) is 18.7 Å². The fourth-order valence-corrected chi connectivity index (χ4v) is 4.36. The molecule has 4 nitrogen and oxygen atoms in total. The highest BCUT2D eigenvalue weighted by atomic mass is 79.9. The Hall–Kier alpha value is -1.83. The summed E-state index contributed by atoms with van der Waals surface area (Å²) < 4.78 is 27.2. The number of hydrogen-bond donors (Lipinski definition) is 3. The van der Waals surface area contributed by atoms with E-state index in [4.69, 9.17) is 0 Å². The monoisotopic (exact) mass is 494 g/mol. The van der Waals surface area contributed by atoms with Crippen LogP contribution in [0.5, 0.6) is 0 Å². The van der Waals surface area contributed by atoms with Crippen molar-refractivity contribution in [3.8, 4) is 0 Å². The van der Waals surface area contributed by atoms with Gasteiger partial charge < -0.3 is 15.7 Å². The van der Waals surface area contributed by atoms with Crippen molar-refractivity contribution >= 4 is 21.8 Å². The maximum atomic E-state index is 13.6. The number of carbonyl (C=O) groups excluding carboxylic acids is 1. The van der Waals surface area contributed by atoms with Crippen LogP contribution in [0.2, 0.25) is 0 Å². The van der Waals surface area contributed by atoms with E-state index in [0.717, 1.165) is 31.7 Å². The van der Waals surface area contributed by atoms with Gasteiger partial charge in [0.25, 0.3) is 0 Å². The van der Waals surface area contributed by atoms with E-state index in [2.05, 4.69) is 51.7 Å². The van der Waals surface area contributed by atoms with E-state index < -0.39 is 23.8 Å². The Balaban J connectivity index is 1.70. The molecule has 168 valence electrons. The van der Waals surface area contributed by atoms with Gasteiger partial charge in [0.15, 0.2) is 0 Å². The number of aliphatic hydroxyl groups excluding tert-OH is 1.